The van der Waals surface area contributed by atoms with Crippen molar-refractivity contribution in [2.24, 2.45) is 7.05 Å². The van der Waals surface area contributed by atoms with Gasteiger partial charge in [-0.3, -0.25) is 4.68 Å². The topological polar surface area (TPSA) is 70.9 Å². The molecule has 2 N–H and O–H groups in total. The van der Waals surface area contributed by atoms with Crippen molar-refractivity contribution in [3.63, 3.8) is 0 Å². The van der Waals surface area contributed by atoms with Crippen molar-refractivity contribution in [1.29, 1.82) is 0 Å². The Bertz CT molecular complexity index is 788. The number of carbonyl (C=O) groups is 1. The fourth-order valence-corrected chi connectivity index (χ4v) is 2.72. The molecule has 0 atom stereocenters. The van der Waals surface area contributed by atoms with Crippen LogP contribution in [0.3, 0.4) is 0 Å². The van der Waals surface area contributed by atoms with E-state index >= 15 is 0 Å². The van der Waals surface area contributed by atoms with Crippen LogP contribution in [0, 0.1) is 0 Å². The Labute approximate surface area is 117 Å². The summed E-state index contributed by atoms with van der Waals surface area (Å²) in [4.78, 5) is 14.1. The van der Waals surface area contributed by atoms with E-state index in [0.717, 1.165) is 26.6 Å². The Morgan fingerprint density at radius 1 is 1.47 bits per heavy atom. The Balaban J connectivity index is 2.30. The molecule has 2 aromatic heterocycles. The molecule has 0 spiro atoms. The summed E-state index contributed by atoms with van der Waals surface area (Å²) in [6, 6.07) is 7.42. The van der Waals surface area contributed by atoms with E-state index in [2.05, 4.69) is 26.0 Å². The van der Waals surface area contributed by atoms with Gasteiger partial charge in [-0.2, -0.15) is 5.10 Å². The minimum atomic E-state index is -1.03. The third-order valence-corrected chi connectivity index (χ3v) is 3.66. The van der Waals surface area contributed by atoms with Gasteiger partial charge < -0.3 is 10.1 Å². The van der Waals surface area contributed by atoms with Gasteiger partial charge in [-0.05, 0) is 28.1 Å². The molecule has 0 fully saturated rings. The molecule has 19 heavy (non-hydrogen) atoms. The highest BCUT2D eigenvalue weighted by Gasteiger charge is 2.16. The first-order chi connectivity index (χ1) is 9.08. The van der Waals surface area contributed by atoms with Crippen LogP contribution in [-0.4, -0.2) is 25.8 Å². The highest BCUT2D eigenvalue weighted by Crippen LogP contribution is 2.33. The number of aromatic carboxylic acids is 1. The molecule has 3 aromatic rings. The third kappa shape index (κ3) is 1.84. The molecule has 2 heterocycles. The lowest BCUT2D eigenvalue weighted by Crippen LogP contribution is -1.99. The Hall–Kier alpha value is -2.08. The van der Waals surface area contributed by atoms with Crippen LogP contribution in [0.25, 0.3) is 22.2 Å². The van der Waals surface area contributed by atoms with Crippen molar-refractivity contribution in [3.05, 3.63) is 40.6 Å². The number of nitrogens with zero attached hydrogens (tertiary/aromatic N) is 2. The van der Waals surface area contributed by atoms with Gasteiger partial charge in [0.05, 0.1) is 5.69 Å². The fourth-order valence-electron chi connectivity index (χ4n) is 2.18. The van der Waals surface area contributed by atoms with E-state index in [1.165, 1.54) is 0 Å². The summed E-state index contributed by atoms with van der Waals surface area (Å²) in [6.45, 7) is 0. The molecular formula is C13H10BrN3O2. The summed E-state index contributed by atoms with van der Waals surface area (Å²) in [7, 11) is 1.74. The molecule has 5 nitrogen and oxygen atoms in total. The van der Waals surface area contributed by atoms with E-state index in [4.69, 9.17) is 5.11 Å². The van der Waals surface area contributed by atoms with E-state index in [-0.39, 0.29) is 5.69 Å². The Morgan fingerprint density at radius 3 is 2.95 bits per heavy atom. The maximum Gasteiger partial charge on any atom is 0.356 e. The van der Waals surface area contributed by atoms with Gasteiger partial charge in [-0.15, -0.1) is 0 Å². The number of hydrogen-bond donors (Lipinski definition) is 2. The predicted octanol–water partition coefficient (Wildman–Crippen LogP) is 3.03. The summed E-state index contributed by atoms with van der Waals surface area (Å²) < 4.78 is 2.52. The van der Waals surface area contributed by atoms with Gasteiger partial charge in [0, 0.05) is 34.2 Å². The van der Waals surface area contributed by atoms with E-state index in [9.17, 15) is 4.79 Å². The molecule has 0 saturated heterocycles. The van der Waals surface area contributed by atoms with Crippen LogP contribution in [0.15, 0.2) is 34.9 Å². The molecule has 96 valence electrons. The molecule has 3 rings (SSSR count). The highest BCUT2D eigenvalue weighted by molar-refractivity contribution is 9.10. The molecule has 0 aliphatic rings. The maximum absolute atomic E-state index is 11.0. The molecule has 0 saturated carbocycles. The number of fused-ring (bicyclic) bond motifs is 1. The molecular weight excluding hydrogens is 310 g/mol. The number of halogens is 1. The van der Waals surface area contributed by atoms with E-state index in [1.54, 1.807) is 17.8 Å². The lowest BCUT2D eigenvalue weighted by molar-refractivity contribution is 0.0689. The van der Waals surface area contributed by atoms with Gasteiger partial charge in [0.15, 0.2) is 5.69 Å². The van der Waals surface area contributed by atoms with Crippen LogP contribution in [0.5, 0.6) is 0 Å². The number of carboxylic acid groups (broad SMARTS) is 1. The standard InChI is InChI=1S/C13H10BrN3O2/c1-17-11(5-10(16-17)13(18)19)7-3-2-4-9-12(7)8(14)6-15-9/h2-6,15H,1H3,(H,18,19). The largest absolute Gasteiger partial charge is 0.476 e. The van der Waals surface area contributed by atoms with Gasteiger partial charge >= 0.3 is 5.97 Å². The van der Waals surface area contributed by atoms with E-state index in [0.29, 0.717) is 0 Å². The minimum absolute atomic E-state index is 0.0427. The van der Waals surface area contributed by atoms with Crippen molar-refractivity contribution in [2.45, 2.75) is 0 Å². The monoisotopic (exact) mass is 319 g/mol. The number of rotatable bonds is 2. The first-order valence-electron chi connectivity index (χ1n) is 5.61. The Morgan fingerprint density at radius 2 is 2.26 bits per heavy atom. The lowest BCUT2D eigenvalue weighted by atomic mass is 10.1. The van der Waals surface area contributed by atoms with Crippen molar-refractivity contribution < 1.29 is 9.90 Å². The summed E-state index contributed by atoms with van der Waals surface area (Å²) in [5.41, 5.74) is 2.74. The van der Waals surface area contributed by atoms with Gasteiger partial charge in [-0.1, -0.05) is 12.1 Å². The normalized spacial score (nSPS) is 11.1. The molecule has 0 bridgehead atoms. The molecule has 0 unspecified atom stereocenters. The van der Waals surface area contributed by atoms with Crippen molar-refractivity contribution in [2.75, 3.05) is 0 Å². The number of aryl methyl sites for hydroxylation is 1. The maximum atomic E-state index is 11.0. The molecule has 0 radical (unpaired) electrons. The number of hydrogen-bond acceptors (Lipinski definition) is 2. The number of nitrogens with one attached hydrogen (secondary N) is 1. The van der Waals surface area contributed by atoms with Gasteiger partial charge in [0.25, 0.3) is 0 Å². The zero-order valence-corrected chi connectivity index (χ0v) is 11.6. The first kappa shape index (κ1) is 12.0. The van der Waals surface area contributed by atoms with Gasteiger partial charge in [0.1, 0.15) is 0 Å². The van der Waals surface area contributed by atoms with Crippen LogP contribution in [0.4, 0.5) is 0 Å². The molecule has 0 amide bonds. The molecule has 6 heteroatoms. The van der Waals surface area contributed by atoms with Crippen molar-refractivity contribution in [3.8, 4) is 11.3 Å². The van der Waals surface area contributed by atoms with E-state index in [1.807, 2.05) is 24.4 Å². The first-order valence-corrected chi connectivity index (χ1v) is 6.40. The quantitative estimate of drug-likeness (QED) is 0.762. The second-order valence-corrected chi connectivity index (χ2v) is 5.06. The van der Waals surface area contributed by atoms with Gasteiger partial charge in [-0.25, -0.2) is 4.79 Å². The second-order valence-electron chi connectivity index (χ2n) is 4.21. The van der Waals surface area contributed by atoms with Crippen molar-refractivity contribution >= 4 is 32.8 Å². The van der Waals surface area contributed by atoms with Crippen LogP contribution < -0.4 is 0 Å². The average Bonchev–Trinajstić information content (AvgIpc) is 2.94. The predicted molar refractivity (Wildman–Crippen MR) is 75.2 cm³/mol. The number of aromatic nitrogens is 3. The number of H-pyrrole nitrogens is 1. The number of aromatic amines is 1. The molecule has 0 aliphatic heterocycles. The fraction of sp³-hybridized carbons (Fsp3) is 0.0769. The summed E-state index contributed by atoms with van der Waals surface area (Å²) in [5, 5.41) is 14.0. The van der Waals surface area contributed by atoms with Crippen LogP contribution >= 0.6 is 15.9 Å². The smallest absolute Gasteiger partial charge is 0.356 e. The SMILES string of the molecule is Cn1nc(C(=O)O)cc1-c1cccc2[nH]cc(Br)c12. The van der Waals surface area contributed by atoms with Gasteiger partial charge in [0.2, 0.25) is 0 Å². The summed E-state index contributed by atoms with van der Waals surface area (Å²) in [6.07, 6.45) is 1.86. The molecule has 1 aromatic carbocycles. The highest BCUT2D eigenvalue weighted by atomic mass is 79.9. The minimum Gasteiger partial charge on any atom is -0.476 e. The number of carboxylic acids is 1. The summed E-state index contributed by atoms with van der Waals surface area (Å²) in [5.74, 6) is -1.03. The van der Waals surface area contributed by atoms with Crippen LogP contribution in [0.1, 0.15) is 10.5 Å². The Kier molecular flexibility index (Phi) is 2.67. The second kappa shape index (κ2) is 4.24. The molecule has 0 aliphatic carbocycles. The lowest BCUT2D eigenvalue weighted by Gasteiger charge is -2.04. The third-order valence-electron chi connectivity index (χ3n) is 3.03. The van der Waals surface area contributed by atoms with Crippen LogP contribution in [0.2, 0.25) is 0 Å². The average molecular weight is 320 g/mol. The summed E-state index contributed by atoms with van der Waals surface area (Å²) >= 11 is 3.50. The van der Waals surface area contributed by atoms with Crippen LogP contribution in [-0.2, 0) is 7.05 Å². The van der Waals surface area contributed by atoms with Crippen molar-refractivity contribution in [1.82, 2.24) is 14.8 Å². The van der Waals surface area contributed by atoms with E-state index < -0.39 is 5.97 Å². The number of benzene rings is 1. The zero-order valence-electron chi connectivity index (χ0n) is 10.0. The zero-order chi connectivity index (χ0) is 13.6.